The van der Waals surface area contributed by atoms with Gasteiger partial charge in [0.2, 0.25) is 6.79 Å². The molecule has 0 unspecified atom stereocenters. The zero-order valence-electron chi connectivity index (χ0n) is 13.8. The number of thiazole rings is 1. The molecular weight excluding hydrogens is 340 g/mol. The van der Waals surface area contributed by atoms with E-state index in [4.69, 9.17) is 14.2 Å². The predicted molar refractivity (Wildman–Crippen MR) is 94.4 cm³/mol. The first-order valence-corrected chi connectivity index (χ1v) is 8.68. The quantitative estimate of drug-likeness (QED) is 0.723. The Morgan fingerprint density at radius 3 is 2.92 bits per heavy atom. The molecule has 2 heterocycles. The third-order valence-corrected chi connectivity index (χ3v) is 5.00. The summed E-state index contributed by atoms with van der Waals surface area (Å²) >= 11 is 1.45. The van der Waals surface area contributed by atoms with Crippen LogP contribution in [0.5, 0.6) is 17.2 Å². The minimum atomic E-state index is -0.314. The molecule has 0 atom stereocenters. The normalized spacial score (nSPS) is 13.4. The molecule has 0 saturated carbocycles. The van der Waals surface area contributed by atoms with Crippen molar-refractivity contribution in [3.8, 4) is 17.2 Å². The Balaban J connectivity index is 1.72. The molecule has 0 saturated heterocycles. The molecule has 128 valence electrons. The summed E-state index contributed by atoms with van der Waals surface area (Å²) in [7, 11) is 1.89. The first-order valence-electron chi connectivity index (χ1n) is 7.87. The Labute approximate surface area is 147 Å². The molecule has 3 aromatic rings. The molecule has 0 bridgehead atoms. The highest BCUT2D eigenvalue weighted by molar-refractivity contribution is 7.16. The van der Waals surface area contributed by atoms with Crippen molar-refractivity contribution in [1.29, 1.82) is 0 Å². The number of fused-ring (bicyclic) bond motifs is 2. The van der Waals surface area contributed by atoms with Crippen molar-refractivity contribution >= 4 is 27.5 Å². The van der Waals surface area contributed by atoms with Crippen molar-refractivity contribution in [2.24, 2.45) is 12.0 Å². The van der Waals surface area contributed by atoms with Gasteiger partial charge in [0.1, 0.15) is 5.75 Å². The summed E-state index contributed by atoms with van der Waals surface area (Å²) in [5.41, 5.74) is 1.47. The number of aryl methyl sites for hydroxylation is 1. The van der Waals surface area contributed by atoms with E-state index in [-0.39, 0.29) is 12.7 Å². The molecule has 1 aliphatic rings. The van der Waals surface area contributed by atoms with Crippen LogP contribution in [-0.2, 0) is 7.05 Å². The molecule has 0 N–H and O–H groups in total. The van der Waals surface area contributed by atoms with Crippen LogP contribution in [0.25, 0.3) is 10.2 Å². The van der Waals surface area contributed by atoms with Crippen LogP contribution < -0.4 is 19.0 Å². The van der Waals surface area contributed by atoms with Crippen LogP contribution in [0.1, 0.15) is 17.3 Å². The van der Waals surface area contributed by atoms with Gasteiger partial charge in [0.15, 0.2) is 16.3 Å². The number of benzene rings is 2. The minimum Gasteiger partial charge on any atom is -0.494 e. The van der Waals surface area contributed by atoms with Crippen LogP contribution in [0.15, 0.2) is 41.4 Å². The molecule has 7 heteroatoms. The number of aromatic nitrogens is 1. The second-order valence-electron chi connectivity index (χ2n) is 5.49. The molecule has 4 rings (SSSR count). The molecule has 0 radical (unpaired) electrons. The summed E-state index contributed by atoms with van der Waals surface area (Å²) in [5, 5.41) is 0. The Bertz CT molecular complexity index is 1040. The maximum Gasteiger partial charge on any atom is 0.279 e. The van der Waals surface area contributed by atoms with Gasteiger partial charge in [-0.15, -0.1) is 0 Å². The fourth-order valence-electron chi connectivity index (χ4n) is 2.66. The van der Waals surface area contributed by atoms with Gasteiger partial charge >= 0.3 is 0 Å². The van der Waals surface area contributed by atoms with Crippen molar-refractivity contribution in [1.82, 2.24) is 4.57 Å². The van der Waals surface area contributed by atoms with Gasteiger partial charge in [0.25, 0.3) is 5.91 Å². The number of carbonyl (C=O) groups is 1. The highest BCUT2D eigenvalue weighted by atomic mass is 32.1. The van der Waals surface area contributed by atoms with E-state index in [1.165, 1.54) is 11.3 Å². The van der Waals surface area contributed by atoms with E-state index in [0.717, 1.165) is 16.0 Å². The molecule has 0 spiro atoms. The Morgan fingerprint density at radius 1 is 1.24 bits per heavy atom. The lowest BCUT2D eigenvalue weighted by molar-refractivity contribution is 0.0997. The van der Waals surface area contributed by atoms with Gasteiger partial charge in [-0.25, -0.2) is 0 Å². The minimum absolute atomic E-state index is 0.178. The molecule has 1 aromatic heterocycles. The van der Waals surface area contributed by atoms with E-state index in [1.807, 2.05) is 36.7 Å². The number of carbonyl (C=O) groups excluding carboxylic acids is 1. The van der Waals surface area contributed by atoms with Crippen molar-refractivity contribution in [2.45, 2.75) is 6.92 Å². The summed E-state index contributed by atoms with van der Waals surface area (Å²) in [6, 6.07) is 10.9. The Hall–Kier alpha value is -2.80. The van der Waals surface area contributed by atoms with E-state index < -0.39 is 0 Å². The molecular formula is C18H16N2O4S. The van der Waals surface area contributed by atoms with Crippen molar-refractivity contribution in [2.75, 3.05) is 13.4 Å². The first kappa shape index (κ1) is 15.7. The van der Waals surface area contributed by atoms with Crippen molar-refractivity contribution in [3.63, 3.8) is 0 Å². The van der Waals surface area contributed by atoms with E-state index in [9.17, 15) is 4.79 Å². The van der Waals surface area contributed by atoms with Gasteiger partial charge in [-0.05, 0) is 43.3 Å². The standard InChI is InChI=1S/C18H16N2O4S/c1-3-22-12-5-6-13-16(9-12)25-18(20(13)2)19-17(21)11-4-7-14-15(8-11)24-10-23-14/h4-9H,3,10H2,1-2H3. The monoisotopic (exact) mass is 356 g/mol. The third-order valence-electron chi connectivity index (χ3n) is 3.91. The second kappa shape index (κ2) is 6.25. The lowest BCUT2D eigenvalue weighted by atomic mass is 10.2. The third kappa shape index (κ3) is 2.87. The number of amides is 1. The van der Waals surface area contributed by atoms with Gasteiger partial charge in [-0.3, -0.25) is 4.79 Å². The summed E-state index contributed by atoms with van der Waals surface area (Å²) in [4.78, 5) is 17.4. The largest absolute Gasteiger partial charge is 0.494 e. The molecule has 1 aliphatic heterocycles. The van der Waals surface area contributed by atoms with Crippen LogP contribution >= 0.6 is 11.3 Å². The first-order chi connectivity index (χ1) is 12.2. The van der Waals surface area contributed by atoms with Gasteiger partial charge < -0.3 is 18.8 Å². The van der Waals surface area contributed by atoms with E-state index in [1.54, 1.807) is 18.2 Å². The van der Waals surface area contributed by atoms with Crippen LogP contribution in [0.3, 0.4) is 0 Å². The van der Waals surface area contributed by atoms with E-state index >= 15 is 0 Å². The highest BCUT2D eigenvalue weighted by Crippen LogP contribution is 2.32. The average molecular weight is 356 g/mol. The summed E-state index contributed by atoms with van der Waals surface area (Å²) in [6.45, 7) is 2.74. The molecule has 2 aromatic carbocycles. The van der Waals surface area contributed by atoms with Crippen molar-refractivity contribution < 1.29 is 19.0 Å². The molecule has 0 fully saturated rings. The molecule has 0 aliphatic carbocycles. The van der Waals surface area contributed by atoms with Gasteiger partial charge in [0, 0.05) is 12.6 Å². The van der Waals surface area contributed by atoms with Crippen LogP contribution in [0, 0.1) is 0 Å². The number of ether oxygens (including phenoxy) is 3. The fourth-order valence-corrected chi connectivity index (χ4v) is 3.70. The Morgan fingerprint density at radius 2 is 2.08 bits per heavy atom. The van der Waals surface area contributed by atoms with Gasteiger partial charge in [-0.2, -0.15) is 4.99 Å². The maximum atomic E-state index is 12.5. The van der Waals surface area contributed by atoms with Crippen molar-refractivity contribution in [3.05, 3.63) is 46.8 Å². The summed E-state index contributed by atoms with van der Waals surface area (Å²) in [5.74, 6) is 1.71. The van der Waals surface area contributed by atoms with E-state index in [2.05, 4.69) is 4.99 Å². The van der Waals surface area contributed by atoms with Crippen LogP contribution in [-0.4, -0.2) is 23.9 Å². The van der Waals surface area contributed by atoms with E-state index in [0.29, 0.717) is 28.5 Å². The molecule has 6 nitrogen and oxygen atoms in total. The summed E-state index contributed by atoms with van der Waals surface area (Å²) in [6.07, 6.45) is 0. The zero-order valence-corrected chi connectivity index (χ0v) is 14.6. The highest BCUT2D eigenvalue weighted by Gasteiger charge is 2.16. The second-order valence-corrected chi connectivity index (χ2v) is 6.50. The lowest BCUT2D eigenvalue weighted by Crippen LogP contribution is -2.13. The average Bonchev–Trinajstić information content (AvgIpc) is 3.19. The predicted octanol–water partition coefficient (Wildman–Crippen LogP) is 3.11. The van der Waals surface area contributed by atoms with Crippen LogP contribution in [0.2, 0.25) is 0 Å². The molecule has 1 amide bonds. The van der Waals surface area contributed by atoms with Gasteiger partial charge in [0.05, 0.1) is 16.8 Å². The molecule has 25 heavy (non-hydrogen) atoms. The van der Waals surface area contributed by atoms with Crippen LogP contribution in [0.4, 0.5) is 0 Å². The number of nitrogens with zero attached hydrogens (tertiary/aromatic N) is 2. The SMILES string of the molecule is CCOc1ccc2c(c1)sc(=NC(=O)c1ccc3c(c1)OCO3)n2C. The lowest BCUT2D eigenvalue weighted by Gasteiger charge is -2.02. The summed E-state index contributed by atoms with van der Waals surface area (Å²) < 4.78 is 19.0. The van der Waals surface area contributed by atoms with Gasteiger partial charge in [-0.1, -0.05) is 11.3 Å². The Kier molecular flexibility index (Phi) is 3.93. The zero-order chi connectivity index (χ0) is 17.4. The maximum absolute atomic E-state index is 12.5. The number of hydrogen-bond donors (Lipinski definition) is 0. The number of hydrogen-bond acceptors (Lipinski definition) is 5. The fraction of sp³-hybridized carbons (Fsp3) is 0.222. The number of rotatable bonds is 3. The topological polar surface area (TPSA) is 62.1 Å². The smallest absolute Gasteiger partial charge is 0.279 e.